The van der Waals surface area contributed by atoms with E-state index in [1.807, 2.05) is 43.3 Å². The zero-order chi connectivity index (χ0) is 20.2. The van der Waals surface area contributed by atoms with Gasteiger partial charge < -0.3 is 14.8 Å². The minimum Gasteiger partial charge on any atom is -0.494 e. The van der Waals surface area contributed by atoms with Gasteiger partial charge in [-0.05, 0) is 68.3 Å². The second kappa shape index (κ2) is 12.1. The highest BCUT2D eigenvalue weighted by atomic mass is 16.5. The molecule has 28 heavy (non-hydrogen) atoms. The van der Waals surface area contributed by atoms with Gasteiger partial charge in [-0.2, -0.15) is 0 Å². The van der Waals surface area contributed by atoms with E-state index in [4.69, 9.17) is 9.47 Å². The third-order valence-electron chi connectivity index (χ3n) is 4.66. The van der Waals surface area contributed by atoms with Gasteiger partial charge in [0.1, 0.15) is 11.5 Å². The van der Waals surface area contributed by atoms with Crippen LogP contribution in [0.1, 0.15) is 69.7 Å². The van der Waals surface area contributed by atoms with Crippen LogP contribution in [0.4, 0.5) is 5.69 Å². The van der Waals surface area contributed by atoms with Crippen LogP contribution < -0.4 is 14.8 Å². The summed E-state index contributed by atoms with van der Waals surface area (Å²) in [6, 6.07) is 14.7. The number of hydrogen-bond acceptors (Lipinski definition) is 3. The molecule has 4 nitrogen and oxygen atoms in total. The zero-order valence-electron chi connectivity index (χ0n) is 17.4. The third kappa shape index (κ3) is 7.63. The van der Waals surface area contributed by atoms with Crippen molar-refractivity contribution in [3.05, 3.63) is 54.1 Å². The Morgan fingerprint density at radius 2 is 1.54 bits per heavy atom. The first kappa shape index (κ1) is 21.8. The van der Waals surface area contributed by atoms with Crippen LogP contribution in [0.3, 0.4) is 0 Å². The van der Waals surface area contributed by atoms with Crippen molar-refractivity contribution in [3.8, 4) is 11.5 Å². The minimum absolute atomic E-state index is 0.137. The molecule has 0 spiro atoms. The normalized spacial score (nSPS) is 11.7. The summed E-state index contributed by atoms with van der Waals surface area (Å²) in [6.07, 6.45) is 7.21. The van der Waals surface area contributed by atoms with E-state index in [1.54, 1.807) is 12.1 Å². The maximum Gasteiger partial charge on any atom is 0.255 e. The minimum atomic E-state index is -0.137. The fourth-order valence-corrected chi connectivity index (χ4v) is 2.73. The summed E-state index contributed by atoms with van der Waals surface area (Å²) >= 11 is 0. The molecule has 1 unspecified atom stereocenters. The molecule has 0 heterocycles. The average Bonchev–Trinajstić information content (AvgIpc) is 2.72. The molecule has 4 heteroatoms. The van der Waals surface area contributed by atoms with Crippen molar-refractivity contribution in [1.29, 1.82) is 0 Å². The van der Waals surface area contributed by atoms with Crippen molar-refractivity contribution in [2.45, 2.75) is 65.4 Å². The van der Waals surface area contributed by atoms with Crippen LogP contribution in [0, 0.1) is 0 Å². The molecule has 2 aromatic rings. The van der Waals surface area contributed by atoms with Gasteiger partial charge in [-0.15, -0.1) is 0 Å². The van der Waals surface area contributed by atoms with Crippen molar-refractivity contribution < 1.29 is 14.3 Å². The Bertz CT molecular complexity index is 695. The fraction of sp³-hybridized carbons (Fsp3) is 0.458. The van der Waals surface area contributed by atoms with Crippen LogP contribution in [0.25, 0.3) is 0 Å². The Morgan fingerprint density at radius 1 is 0.893 bits per heavy atom. The van der Waals surface area contributed by atoms with E-state index in [0.717, 1.165) is 36.6 Å². The molecule has 0 radical (unpaired) electrons. The first-order valence-electron chi connectivity index (χ1n) is 10.4. The largest absolute Gasteiger partial charge is 0.494 e. The summed E-state index contributed by atoms with van der Waals surface area (Å²) in [5.74, 6) is 1.48. The maximum atomic E-state index is 12.4. The molecule has 1 atom stereocenters. The Morgan fingerprint density at radius 3 is 2.18 bits per heavy atom. The molecule has 0 saturated carbocycles. The molecule has 1 N–H and O–H groups in total. The van der Waals surface area contributed by atoms with E-state index >= 15 is 0 Å². The van der Waals surface area contributed by atoms with E-state index in [-0.39, 0.29) is 12.0 Å². The summed E-state index contributed by atoms with van der Waals surface area (Å²) < 4.78 is 11.5. The molecule has 2 rings (SSSR count). The average molecular weight is 384 g/mol. The summed E-state index contributed by atoms with van der Waals surface area (Å²) in [6.45, 7) is 7.06. The van der Waals surface area contributed by atoms with Gasteiger partial charge in [-0.3, -0.25) is 4.79 Å². The number of rotatable bonds is 12. The van der Waals surface area contributed by atoms with E-state index in [9.17, 15) is 4.79 Å². The molecule has 0 saturated heterocycles. The lowest BCUT2D eigenvalue weighted by atomic mass is 10.1. The quantitative estimate of drug-likeness (QED) is 0.428. The molecule has 152 valence electrons. The van der Waals surface area contributed by atoms with Gasteiger partial charge in [0.2, 0.25) is 0 Å². The van der Waals surface area contributed by atoms with Gasteiger partial charge in [0.15, 0.2) is 0 Å². The van der Waals surface area contributed by atoms with E-state index in [1.165, 1.54) is 25.7 Å². The van der Waals surface area contributed by atoms with E-state index in [2.05, 4.69) is 19.2 Å². The lowest BCUT2D eigenvalue weighted by molar-refractivity contribution is 0.102. The summed E-state index contributed by atoms with van der Waals surface area (Å²) in [4.78, 5) is 12.4. The molecule has 0 fully saturated rings. The SMILES string of the molecule is CCCCCCCOc1ccc(C(=O)Nc2ccc(OC(C)CC)cc2)cc1. The molecule has 0 bridgehead atoms. The van der Waals surface area contributed by atoms with E-state index < -0.39 is 0 Å². The molecule has 0 aromatic heterocycles. The number of unbranched alkanes of at least 4 members (excludes halogenated alkanes) is 4. The first-order chi connectivity index (χ1) is 13.6. The Labute approximate surface area is 169 Å². The van der Waals surface area contributed by atoms with Crippen molar-refractivity contribution in [3.63, 3.8) is 0 Å². The summed E-state index contributed by atoms with van der Waals surface area (Å²) in [5.41, 5.74) is 1.35. The Kier molecular flexibility index (Phi) is 9.40. The monoisotopic (exact) mass is 383 g/mol. The number of hydrogen-bond donors (Lipinski definition) is 1. The van der Waals surface area contributed by atoms with Gasteiger partial charge in [0.05, 0.1) is 12.7 Å². The molecule has 1 amide bonds. The van der Waals surface area contributed by atoms with Crippen molar-refractivity contribution >= 4 is 11.6 Å². The second-order valence-electron chi connectivity index (χ2n) is 7.10. The van der Waals surface area contributed by atoms with Crippen molar-refractivity contribution in [1.82, 2.24) is 0 Å². The zero-order valence-corrected chi connectivity index (χ0v) is 17.4. The highest BCUT2D eigenvalue weighted by Crippen LogP contribution is 2.19. The predicted octanol–water partition coefficient (Wildman–Crippen LogP) is 6.47. The van der Waals surface area contributed by atoms with E-state index in [0.29, 0.717) is 5.56 Å². The lowest BCUT2D eigenvalue weighted by Crippen LogP contribution is -2.12. The van der Waals surface area contributed by atoms with Gasteiger partial charge in [-0.25, -0.2) is 0 Å². The Hall–Kier alpha value is -2.49. The van der Waals surface area contributed by atoms with Crippen LogP contribution in [0.5, 0.6) is 11.5 Å². The topological polar surface area (TPSA) is 47.6 Å². The molecular formula is C24H33NO3. The second-order valence-corrected chi connectivity index (χ2v) is 7.10. The van der Waals surface area contributed by atoms with Crippen LogP contribution in [-0.2, 0) is 0 Å². The number of carbonyl (C=O) groups is 1. The van der Waals surface area contributed by atoms with Gasteiger partial charge >= 0.3 is 0 Å². The number of amides is 1. The molecular weight excluding hydrogens is 350 g/mol. The van der Waals surface area contributed by atoms with Crippen LogP contribution in [0.15, 0.2) is 48.5 Å². The number of nitrogens with one attached hydrogen (secondary N) is 1. The first-order valence-corrected chi connectivity index (χ1v) is 10.4. The summed E-state index contributed by atoms with van der Waals surface area (Å²) in [5, 5.41) is 2.91. The smallest absolute Gasteiger partial charge is 0.255 e. The van der Waals surface area contributed by atoms with Gasteiger partial charge in [-0.1, -0.05) is 39.5 Å². The molecule has 2 aromatic carbocycles. The molecule has 0 aliphatic carbocycles. The summed E-state index contributed by atoms with van der Waals surface area (Å²) in [7, 11) is 0. The van der Waals surface area contributed by atoms with Crippen LogP contribution >= 0.6 is 0 Å². The van der Waals surface area contributed by atoms with Gasteiger partial charge in [0.25, 0.3) is 5.91 Å². The number of carbonyl (C=O) groups excluding carboxylic acids is 1. The number of ether oxygens (including phenoxy) is 2. The highest BCUT2D eigenvalue weighted by Gasteiger charge is 2.07. The third-order valence-corrected chi connectivity index (χ3v) is 4.66. The van der Waals surface area contributed by atoms with Crippen LogP contribution in [-0.4, -0.2) is 18.6 Å². The van der Waals surface area contributed by atoms with Crippen molar-refractivity contribution in [2.75, 3.05) is 11.9 Å². The van der Waals surface area contributed by atoms with Crippen LogP contribution in [0.2, 0.25) is 0 Å². The molecule has 0 aliphatic rings. The Balaban J connectivity index is 1.79. The fourth-order valence-electron chi connectivity index (χ4n) is 2.73. The standard InChI is InChI=1S/C24H33NO3/c1-4-6-7-8-9-18-27-22-14-10-20(11-15-22)24(26)25-21-12-16-23(17-13-21)28-19(3)5-2/h10-17,19H,4-9,18H2,1-3H3,(H,25,26). The highest BCUT2D eigenvalue weighted by molar-refractivity contribution is 6.04. The van der Waals surface area contributed by atoms with Gasteiger partial charge in [0, 0.05) is 11.3 Å². The van der Waals surface area contributed by atoms with Crippen molar-refractivity contribution in [2.24, 2.45) is 0 Å². The number of anilines is 1. The molecule has 0 aliphatic heterocycles. The number of benzene rings is 2. The lowest BCUT2D eigenvalue weighted by Gasteiger charge is -2.13. The predicted molar refractivity (Wildman–Crippen MR) is 115 cm³/mol. The maximum absolute atomic E-state index is 12.4.